The number of rotatable bonds is 6. The van der Waals surface area contributed by atoms with Crippen molar-refractivity contribution in [2.45, 2.75) is 53.2 Å². The van der Waals surface area contributed by atoms with Crippen LogP contribution in [0.1, 0.15) is 41.0 Å². The molecule has 0 aliphatic carbocycles. The highest BCUT2D eigenvalue weighted by atomic mass is 16.5. The molecule has 0 saturated heterocycles. The predicted octanol–water partition coefficient (Wildman–Crippen LogP) is 2.45. The van der Waals surface area contributed by atoms with Crippen molar-refractivity contribution in [3.8, 4) is 0 Å². The number of aliphatic hydroxyl groups excluding tert-OH is 1. The molecule has 0 rings (SSSR count). The Morgan fingerprint density at radius 2 is 1.69 bits per heavy atom. The van der Waals surface area contributed by atoms with E-state index in [9.17, 15) is 5.11 Å². The van der Waals surface area contributed by atoms with Gasteiger partial charge in [0.15, 0.2) is 0 Å². The molecule has 80 valence electrons. The molecule has 0 aromatic heterocycles. The van der Waals surface area contributed by atoms with Gasteiger partial charge in [-0.15, -0.1) is 0 Å². The summed E-state index contributed by atoms with van der Waals surface area (Å²) in [7, 11) is 0. The maximum atomic E-state index is 9.95. The summed E-state index contributed by atoms with van der Waals surface area (Å²) in [4.78, 5) is 0. The molecule has 2 heteroatoms. The topological polar surface area (TPSA) is 29.5 Å². The third-order valence-corrected chi connectivity index (χ3v) is 2.58. The Hall–Kier alpha value is -0.0800. The highest BCUT2D eigenvalue weighted by Gasteiger charge is 2.26. The molecule has 2 nitrogen and oxygen atoms in total. The zero-order chi connectivity index (χ0) is 10.4. The van der Waals surface area contributed by atoms with Crippen LogP contribution in [0.5, 0.6) is 0 Å². The second kappa shape index (κ2) is 6.39. The second-order valence-corrected chi connectivity index (χ2v) is 4.04. The first-order valence-electron chi connectivity index (χ1n) is 5.34. The van der Waals surface area contributed by atoms with E-state index in [-0.39, 0.29) is 12.2 Å². The Morgan fingerprint density at radius 1 is 1.15 bits per heavy atom. The predicted molar refractivity (Wildman–Crippen MR) is 55.7 cm³/mol. The van der Waals surface area contributed by atoms with Crippen LogP contribution in [-0.4, -0.2) is 23.9 Å². The fourth-order valence-corrected chi connectivity index (χ4v) is 1.44. The minimum Gasteiger partial charge on any atom is -0.390 e. The Kier molecular flexibility index (Phi) is 6.35. The van der Waals surface area contributed by atoms with Gasteiger partial charge in [0.1, 0.15) is 0 Å². The Labute approximate surface area is 82.3 Å². The number of hydrogen-bond acceptors (Lipinski definition) is 2. The van der Waals surface area contributed by atoms with Gasteiger partial charge < -0.3 is 9.84 Å². The molecule has 1 N–H and O–H groups in total. The molecule has 13 heavy (non-hydrogen) atoms. The standard InChI is InChI=1S/C11H24O2/c1-6-9(5)10(12)11(8(3)4)13-7-2/h8-12H,6-7H2,1-5H3. The van der Waals surface area contributed by atoms with Crippen molar-refractivity contribution in [3.63, 3.8) is 0 Å². The van der Waals surface area contributed by atoms with E-state index in [1.54, 1.807) is 0 Å². The summed E-state index contributed by atoms with van der Waals surface area (Å²) in [6.07, 6.45) is 0.655. The van der Waals surface area contributed by atoms with Crippen LogP contribution in [-0.2, 0) is 4.74 Å². The second-order valence-electron chi connectivity index (χ2n) is 4.04. The van der Waals surface area contributed by atoms with Crippen molar-refractivity contribution in [1.29, 1.82) is 0 Å². The average molecular weight is 188 g/mol. The normalized spacial score (nSPS) is 18.7. The molecular formula is C11H24O2. The summed E-state index contributed by atoms with van der Waals surface area (Å²) in [5.41, 5.74) is 0. The SMILES string of the molecule is CCOC(C(C)C)C(O)C(C)CC. The summed E-state index contributed by atoms with van der Waals surface area (Å²) in [6, 6.07) is 0. The lowest BCUT2D eigenvalue weighted by atomic mass is 9.91. The molecule has 0 spiro atoms. The zero-order valence-electron chi connectivity index (χ0n) is 9.58. The third-order valence-electron chi connectivity index (χ3n) is 2.58. The highest BCUT2D eigenvalue weighted by molar-refractivity contribution is 4.76. The summed E-state index contributed by atoms with van der Waals surface area (Å²) in [5, 5.41) is 9.95. The fraction of sp³-hybridized carbons (Fsp3) is 1.00. The van der Waals surface area contributed by atoms with Crippen LogP contribution in [0.2, 0.25) is 0 Å². The molecule has 3 atom stereocenters. The molecule has 0 aromatic rings. The van der Waals surface area contributed by atoms with Gasteiger partial charge >= 0.3 is 0 Å². The lowest BCUT2D eigenvalue weighted by molar-refractivity contribution is -0.0775. The van der Waals surface area contributed by atoms with Crippen LogP contribution in [0.3, 0.4) is 0 Å². The summed E-state index contributed by atoms with van der Waals surface area (Å²) in [5.74, 6) is 0.697. The van der Waals surface area contributed by atoms with E-state index >= 15 is 0 Å². The van der Waals surface area contributed by atoms with Gasteiger partial charge in [-0.1, -0.05) is 34.1 Å². The van der Waals surface area contributed by atoms with Crippen LogP contribution in [0.15, 0.2) is 0 Å². The molecule has 0 aliphatic heterocycles. The molecule has 0 heterocycles. The van der Waals surface area contributed by atoms with Gasteiger partial charge in [-0.25, -0.2) is 0 Å². The van der Waals surface area contributed by atoms with Gasteiger partial charge in [-0.3, -0.25) is 0 Å². The maximum Gasteiger partial charge on any atom is 0.0859 e. The minimum absolute atomic E-state index is 0.0139. The largest absolute Gasteiger partial charge is 0.390 e. The smallest absolute Gasteiger partial charge is 0.0859 e. The van der Waals surface area contributed by atoms with Gasteiger partial charge in [-0.2, -0.15) is 0 Å². The van der Waals surface area contributed by atoms with Gasteiger partial charge in [0.05, 0.1) is 12.2 Å². The molecule has 0 radical (unpaired) electrons. The molecule has 0 aromatic carbocycles. The van der Waals surface area contributed by atoms with Crippen molar-refractivity contribution in [2.24, 2.45) is 11.8 Å². The average Bonchev–Trinajstić information content (AvgIpc) is 2.11. The lowest BCUT2D eigenvalue weighted by Crippen LogP contribution is -2.38. The summed E-state index contributed by atoms with van der Waals surface area (Å²) < 4.78 is 5.54. The first-order valence-corrected chi connectivity index (χ1v) is 5.34. The van der Waals surface area contributed by atoms with Crippen LogP contribution in [0.4, 0.5) is 0 Å². The van der Waals surface area contributed by atoms with E-state index in [2.05, 4.69) is 27.7 Å². The molecular weight excluding hydrogens is 164 g/mol. The Balaban J connectivity index is 4.18. The van der Waals surface area contributed by atoms with E-state index < -0.39 is 0 Å². The molecule has 0 bridgehead atoms. The van der Waals surface area contributed by atoms with Gasteiger partial charge in [0, 0.05) is 6.61 Å². The highest BCUT2D eigenvalue weighted by Crippen LogP contribution is 2.19. The first kappa shape index (κ1) is 12.9. The van der Waals surface area contributed by atoms with Crippen LogP contribution >= 0.6 is 0 Å². The molecule has 0 amide bonds. The van der Waals surface area contributed by atoms with Gasteiger partial charge in [0.25, 0.3) is 0 Å². The minimum atomic E-state index is -0.329. The van der Waals surface area contributed by atoms with Crippen molar-refractivity contribution in [3.05, 3.63) is 0 Å². The molecule has 3 unspecified atom stereocenters. The monoisotopic (exact) mass is 188 g/mol. The van der Waals surface area contributed by atoms with Crippen LogP contribution in [0.25, 0.3) is 0 Å². The van der Waals surface area contributed by atoms with E-state index in [0.29, 0.717) is 18.4 Å². The van der Waals surface area contributed by atoms with E-state index in [1.807, 2.05) is 6.92 Å². The molecule has 0 fully saturated rings. The van der Waals surface area contributed by atoms with Crippen molar-refractivity contribution < 1.29 is 9.84 Å². The van der Waals surface area contributed by atoms with E-state index in [0.717, 1.165) is 6.42 Å². The van der Waals surface area contributed by atoms with Crippen molar-refractivity contribution >= 4 is 0 Å². The van der Waals surface area contributed by atoms with Crippen molar-refractivity contribution in [1.82, 2.24) is 0 Å². The third kappa shape index (κ3) is 4.10. The van der Waals surface area contributed by atoms with Gasteiger partial charge in [0.2, 0.25) is 0 Å². The molecule has 0 aliphatic rings. The number of aliphatic hydroxyl groups is 1. The van der Waals surface area contributed by atoms with Crippen LogP contribution < -0.4 is 0 Å². The quantitative estimate of drug-likeness (QED) is 0.694. The van der Waals surface area contributed by atoms with Gasteiger partial charge in [-0.05, 0) is 18.8 Å². The maximum absolute atomic E-state index is 9.95. The summed E-state index contributed by atoms with van der Waals surface area (Å²) in [6.45, 7) is 11.0. The zero-order valence-corrected chi connectivity index (χ0v) is 9.58. The first-order chi connectivity index (χ1) is 6.04. The summed E-state index contributed by atoms with van der Waals surface area (Å²) >= 11 is 0. The number of ether oxygens (including phenoxy) is 1. The molecule has 0 saturated carbocycles. The lowest BCUT2D eigenvalue weighted by Gasteiger charge is -2.29. The Bertz CT molecular complexity index is 123. The Morgan fingerprint density at radius 3 is 2.00 bits per heavy atom. The van der Waals surface area contributed by atoms with E-state index in [4.69, 9.17) is 4.74 Å². The fourth-order valence-electron chi connectivity index (χ4n) is 1.44. The van der Waals surface area contributed by atoms with E-state index in [1.165, 1.54) is 0 Å². The number of hydrogen-bond donors (Lipinski definition) is 1. The van der Waals surface area contributed by atoms with Crippen LogP contribution in [0, 0.1) is 11.8 Å². The van der Waals surface area contributed by atoms with Crippen molar-refractivity contribution in [2.75, 3.05) is 6.61 Å².